The molecule has 33 heavy (non-hydrogen) atoms. The van der Waals surface area contributed by atoms with E-state index in [1.54, 1.807) is 13.0 Å². The zero-order chi connectivity index (χ0) is 23.9. The second kappa shape index (κ2) is 8.53. The van der Waals surface area contributed by atoms with E-state index < -0.39 is 16.0 Å². The van der Waals surface area contributed by atoms with Crippen molar-refractivity contribution in [3.8, 4) is 16.3 Å². The van der Waals surface area contributed by atoms with Gasteiger partial charge < -0.3 is 13.9 Å². The van der Waals surface area contributed by atoms with Gasteiger partial charge in [-0.1, -0.05) is 12.1 Å². The molecule has 1 N–H and O–H groups in total. The molecule has 0 aliphatic rings. The van der Waals surface area contributed by atoms with Crippen molar-refractivity contribution in [2.45, 2.75) is 25.7 Å². The minimum absolute atomic E-state index is 0.0444. The Morgan fingerprint density at radius 3 is 2.45 bits per heavy atom. The van der Waals surface area contributed by atoms with Crippen molar-refractivity contribution in [3.63, 3.8) is 0 Å². The number of nitrogens with one attached hydrogen (secondary N) is 1. The van der Waals surface area contributed by atoms with Crippen LogP contribution in [0.2, 0.25) is 0 Å². The molecular weight excluding hydrogens is 464 g/mol. The van der Waals surface area contributed by atoms with Gasteiger partial charge in [0.1, 0.15) is 27.0 Å². The summed E-state index contributed by atoms with van der Waals surface area (Å²) in [5.41, 5.74) is 2.74. The van der Waals surface area contributed by atoms with Gasteiger partial charge in [0.2, 0.25) is 5.88 Å². The van der Waals surface area contributed by atoms with Gasteiger partial charge in [-0.05, 0) is 56.2 Å². The third kappa shape index (κ3) is 4.07. The van der Waals surface area contributed by atoms with E-state index in [9.17, 15) is 13.2 Å². The van der Waals surface area contributed by atoms with Gasteiger partial charge in [-0.3, -0.25) is 0 Å². The second-order valence-electron chi connectivity index (χ2n) is 7.41. The minimum atomic E-state index is -4.14. The van der Waals surface area contributed by atoms with E-state index in [1.807, 2.05) is 38.1 Å². The Balaban J connectivity index is 1.90. The molecule has 4 rings (SSSR count). The number of hydrogen-bond acceptors (Lipinski definition) is 8. The maximum absolute atomic E-state index is 13.4. The summed E-state index contributed by atoms with van der Waals surface area (Å²) in [6, 6.07) is 10.6. The third-order valence-electron chi connectivity index (χ3n) is 5.28. The van der Waals surface area contributed by atoms with Gasteiger partial charge in [-0.15, -0.1) is 11.3 Å². The van der Waals surface area contributed by atoms with Crippen LogP contribution in [0.3, 0.4) is 0 Å². The molecule has 0 saturated heterocycles. The molecule has 2 aromatic carbocycles. The quantitative estimate of drug-likeness (QED) is 0.379. The van der Waals surface area contributed by atoms with Gasteiger partial charge in [0.05, 0.1) is 30.0 Å². The number of carbonyl (C=O) groups excluding carboxylic acids is 1. The number of sulfonamides is 1. The Kier molecular flexibility index (Phi) is 5.89. The third-order valence-corrected chi connectivity index (χ3v) is 7.68. The molecule has 172 valence electrons. The molecule has 2 heterocycles. The Morgan fingerprint density at radius 2 is 1.79 bits per heavy atom. The molecule has 0 saturated carbocycles. The summed E-state index contributed by atoms with van der Waals surface area (Å²) in [4.78, 5) is 17.1. The zero-order valence-electron chi connectivity index (χ0n) is 18.7. The maximum atomic E-state index is 13.4. The molecular formula is C23H22N2O6S2. The number of methoxy groups -OCH3 is 2. The van der Waals surface area contributed by atoms with Crippen LogP contribution in [0.1, 0.15) is 27.2 Å². The van der Waals surface area contributed by atoms with Crippen molar-refractivity contribution in [1.82, 2.24) is 4.98 Å². The number of para-hydroxylation sites is 1. The van der Waals surface area contributed by atoms with Crippen LogP contribution in [0.5, 0.6) is 5.75 Å². The average molecular weight is 487 g/mol. The molecule has 8 nitrogen and oxygen atoms in total. The summed E-state index contributed by atoms with van der Waals surface area (Å²) in [6.45, 7) is 5.25. The molecule has 0 atom stereocenters. The number of aryl methyl sites for hydroxylation is 3. The van der Waals surface area contributed by atoms with E-state index >= 15 is 0 Å². The largest absolute Gasteiger partial charge is 0.495 e. The van der Waals surface area contributed by atoms with Crippen LogP contribution < -0.4 is 9.46 Å². The predicted molar refractivity (Wildman–Crippen MR) is 127 cm³/mol. The number of nitrogens with zero attached hydrogens (tertiary/aromatic N) is 1. The highest BCUT2D eigenvalue weighted by Gasteiger charge is 2.31. The number of rotatable bonds is 6. The summed E-state index contributed by atoms with van der Waals surface area (Å²) in [5, 5.41) is 0.429. The highest BCUT2D eigenvalue weighted by atomic mass is 32.2. The molecule has 0 unspecified atom stereocenters. The summed E-state index contributed by atoms with van der Waals surface area (Å²) in [7, 11) is -1.48. The number of benzene rings is 2. The Hall–Kier alpha value is -3.37. The zero-order valence-corrected chi connectivity index (χ0v) is 20.3. The lowest BCUT2D eigenvalue weighted by atomic mass is 10.1. The van der Waals surface area contributed by atoms with E-state index in [-0.39, 0.29) is 33.4 Å². The Labute approximate surface area is 195 Å². The normalized spacial score (nSPS) is 11.5. The first-order valence-electron chi connectivity index (χ1n) is 9.92. The molecule has 0 fully saturated rings. The van der Waals surface area contributed by atoms with E-state index in [0.717, 1.165) is 21.3 Å². The highest BCUT2D eigenvalue weighted by molar-refractivity contribution is 7.92. The monoisotopic (exact) mass is 486 g/mol. The lowest BCUT2D eigenvalue weighted by Crippen LogP contribution is -2.15. The molecule has 2 aromatic heterocycles. The Bertz CT molecular complexity index is 1450. The van der Waals surface area contributed by atoms with Crippen LogP contribution in [0.15, 0.2) is 45.7 Å². The van der Waals surface area contributed by atoms with Crippen molar-refractivity contribution >= 4 is 43.4 Å². The highest BCUT2D eigenvalue weighted by Crippen LogP contribution is 2.42. The van der Waals surface area contributed by atoms with Crippen molar-refractivity contribution in [3.05, 3.63) is 58.8 Å². The SMILES string of the molecule is COC(=O)c1c(C)oc(NS(=O)(=O)c2cc(C)c(C)cc2OC)c1-c1nc2ccccc2s1. The Morgan fingerprint density at radius 1 is 1.09 bits per heavy atom. The van der Waals surface area contributed by atoms with Crippen molar-refractivity contribution < 1.29 is 27.1 Å². The molecule has 0 aliphatic carbocycles. The van der Waals surface area contributed by atoms with Crippen molar-refractivity contribution in [2.24, 2.45) is 0 Å². The first-order chi connectivity index (χ1) is 15.7. The van der Waals surface area contributed by atoms with Crippen LogP contribution in [-0.4, -0.2) is 33.6 Å². The number of aromatic nitrogens is 1. The smallest absolute Gasteiger partial charge is 0.342 e. The van der Waals surface area contributed by atoms with Crippen molar-refractivity contribution in [1.29, 1.82) is 0 Å². The molecule has 4 aromatic rings. The first kappa shape index (κ1) is 22.8. The van der Waals surface area contributed by atoms with Crippen LogP contribution in [0.25, 0.3) is 20.8 Å². The summed E-state index contributed by atoms with van der Waals surface area (Å²) in [5.74, 6) is -0.364. The van der Waals surface area contributed by atoms with E-state index in [1.165, 1.54) is 31.6 Å². The predicted octanol–water partition coefficient (Wildman–Crippen LogP) is 5.08. The fourth-order valence-electron chi connectivity index (χ4n) is 3.46. The van der Waals surface area contributed by atoms with Gasteiger partial charge in [0.25, 0.3) is 10.0 Å². The second-order valence-corrected chi connectivity index (χ2v) is 10.1. The molecule has 0 amide bonds. The van der Waals surface area contributed by atoms with Crippen molar-refractivity contribution in [2.75, 3.05) is 18.9 Å². The fraction of sp³-hybridized carbons (Fsp3) is 0.217. The van der Waals surface area contributed by atoms with Crippen LogP contribution in [0, 0.1) is 20.8 Å². The molecule has 0 bridgehead atoms. The number of hydrogen-bond donors (Lipinski definition) is 1. The average Bonchev–Trinajstić information content (AvgIpc) is 3.34. The molecule has 0 spiro atoms. The molecule has 0 radical (unpaired) electrons. The number of thiazole rings is 1. The van der Waals surface area contributed by atoms with Gasteiger partial charge in [-0.2, -0.15) is 0 Å². The van der Waals surface area contributed by atoms with E-state index in [4.69, 9.17) is 13.9 Å². The lowest BCUT2D eigenvalue weighted by molar-refractivity contribution is 0.0599. The first-order valence-corrected chi connectivity index (χ1v) is 12.2. The van der Waals surface area contributed by atoms with E-state index in [0.29, 0.717) is 5.01 Å². The van der Waals surface area contributed by atoms with Crippen LogP contribution in [0.4, 0.5) is 5.88 Å². The lowest BCUT2D eigenvalue weighted by Gasteiger charge is -2.13. The number of carbonyl (C=O) groups is 1. The molecule has 0 aliphatic heterocycles. The number of esters is 1. The summed E-state index contributed by atoms with van der Waals surface area (Å²) >= 11 is 1.32. The summed E-state index contributed by atoms with van der Waals surface area (Å²) < 4.78 is 46.1. The van der Waals surface area contributed by atoms with Gasteiger partial charge in [0, 0.05) is 0 Å². The number of fused-ring (bicyclic) bond motifs is 1. The number of ether oxygens (including phenoxy) is 2. The van der Waals surface area contributed by atoms with Gasteiger partial charge in [-0.25, -0.2) is 22.9 Å². The van der Waals surface area contributed by atoms with Crippen LogP contribution in [-0.2, 0) is 14.8 Å². The van der Waals surface area contributed by atoms with E-state index in [2.05, 4.69) is 9.71 Å². The molecule has 10 heteroatoms. The van der Waals surface area contributed by atoms with Gasteiger partial charge in [0.15, 0.2) is 0 Å². The number of furan rings is 1. The van der Waals surface area contributed by atoms with Crippen LogP contribution >= 0.6 is 11.3 Å². The summed E-state index contributed by atoms with van der Waals surface area (Å²) in [6.07, 6.45) is 0. The van der Waals surface area contributed by atoms with Gasteiger partial charge >= 0.3 is 5.97 Å². The minimum Gasteiger partial charge on any atom is -0.495 e. The standard InChI is InChI=1S/C23H22N2O6S2/c1-12-10-16(29-4)18(11-13(12)2)33(27,28)25-21-20(19(14(3)31-21)23(26)30-5)22-24-15-8-6-7-9-17(15)32-22/h6-11,25H,1-5H3. The maximum Gasteiger partial charge on any atom is 0.342 e. The number of anilines is 1. The topological polar surface area (TPSA) is 108 Å². The fourth-order valence-corrected chi connectivity index (χ4v) is 5.71.